The molecule has 50 heavy (non-hydrogen) atoms. The van der Waals surface area contributed by atoms with Crippen LogP contribution in [-0.4, -0.2) is 4.98 Å². The molecule has 0 amide bonds. The third-order valence-electron chi connectivity index (χ3n) is 10.2. The molecule has 0 saturated heterocycles. The number of hydrogen-bond donors (Lipinski definition) is 0. The van der Waals surface area contributed by atoms with Crippen molar-refractivity contribution < 1.29 is 0 Å². The maximum absolute atomic E-state index is 9.51. The molecule has 0 aliphatic heterocycles. The summed E-state index contributed by atoms with van der Waals surface area (Å²) in [4.78, 5) is 5.51. The third kappa shape index (κ3) is 4.18. The number of nitriles is 1. The van der Waals surface area contributed by atoms with E-state index in [1.807, 2.05) is 12.1 Å². The molecule has 0 bridgehead atoms. The first-order chi connectivity index (χ1) is 24.8. The van der Waals surface area contributed by atoms with Gasteiger partial charge in [-0.05, 0) is 78.2 Å². The minimum absolute atomic E-state index is 0.657. The zero-order chi connectivity index (χ0) is 33.2. The van der Waals surface area contributed by atoms with E-state index in [2.05, 4.69) is 164 Å². The van der Waals surface area contributed by atoms with Gasteiger partial charge in [0.15, 0.2) is 0 Å². The van der Waals surface area contributed by atoms with Gasteiger partial charge in [-0.15, -0.1) is 0 Å². The average molecular weight is 633 g/mol. The van der Waals surface area contributed by atoms with Crippen molar-refractivity contribution in [1.29, 1.82) is 5.26 Å². The summed E-state index contributed by atoms with van der Waals surface area (Å²) < 4.78 is 0. The monoisotopic (exact) mass is 632 g/mol. The van der Waals surface area contributed by atoms with Crippen LogP contribution in [-0.2, 0) is 0 Å². The van der Waals surface area contributed by atoms with Crippen molar-refractivity contribution in [2.45, 2.75) is 0 Å². The highest BCUT2D eigenvalue weighted by Crippen LogP contribution is 2.48. The Morgan fingerprint density at radius 2 is 0.960 bits per heavy atom. The Labute approximate surface area is 289 Å². The van der Waals surface area contributed by atoms with E-state index in [0.717, 1.165) is 38.5 Å². The van der Waals surface area contributed by atoms with E-state index in [4.69, 9.17) is 4.98 Å². The van der Waals surface area contributed by atoms with Crippen molar-refractivity contribution in [1.82, 2.24) is 4.98 Å². The van der Waals surface area contributed by atoms with Gasteiger partial charge in [0, 0.05) is 27.1 Å². The smallest absolute Gasteiger partial charge is 0.0991 e. The number of benzene rings is 9. The van der Waals surface area contributed by atoms with Crippen molar-refractivity contribution in [3.05, 3.63) is 175 Å². The highest BCUT2D eigenvalue weighted by Gasteiger charge is 2.22. The van der Waals surface area contributed by atoms with Crippen LogP contribution in [0, 0.1) is 11.3 Å². The maximum atomic E-state index is 9.51. The standard InChI is InChI=1S/C48H28N2/c49-29-30-22-24-32(25-23-30)44-37-18-8-10-20-39(37)45(40-21-11-9-19-38(40)44)42-28-43-46(36-17-7-6-16-35(36)42)41-27-26-31-12-4-5-15-34(31)48(41)50-47(43)33-13-2-1-3-14-33/h1-28H. The minimum atomic E-state index is 0.657. The average Bonchev–Trinajstić information content (AvgIpc) is 3.19. The zero-order valence-corrected chi connectivity index (χ0v) is 27.1. The predicted octanol–water partition coefficient (Wildman–Crippen LogP) is 12.9. The van der Waals surface area contributed by atoms with Gasteiger partial charge in [0.2, 0.25) is 0 Å². The van der Waals surface area contributed by atoms with Crippen LogP contribution < -0.4 is 0 Å². The van der Waals surface area contributed by atoms with Gasteiger partial charge in [-0.2, -0.15) is 5.26 Å². The van der Waals surface area contributed by atoms with Crippen molar-refractivity contribution in [2.24, 2.45) is 0 Å². The maximum Gasteiger partial charge on any atom is 0.0991 e. The van der Waals surface area contributed by atoms with Crippen LogP contribution in [0.1, 0.15) is 5.56 Å². The molecule has 1 aromatic heterocycles. The van der Waals surface area contributed by atoms with Crippen LogP contribution in [0.2, 0.25) is 0 Å². The topological polar surface area (TPSA) is 36.7 Å². The lowest BCUT2D eigenvalue weighted by molar-refractivity contribution is 1.44. The molecule has 0 aliphatic carbocycles. The highest BCUT2D eigenvalue weighted by atomic mass is 14.7. The molecule has 0 radical (unpaired) electrons. The molecule has 0 spiro atoms. The largest absolute Gasteiger partial charge is 0.246 e. The number of pyridine rings is 1. The molecule has 0 atom stereocenters. The molecule has 2 nitrogen and oxygen atoms in total. The molecule has 230 valence electrons. The van der Waals surface area contributed by atoms with E-state index in [1.54, 1.807) is 0 Å². The lowest BCUT2D eigenvalue weighted by atomic mass is 9.83. The second-order valence-electron chi connectivity index (χ2n) is 12.9. The van der Waals surface area contributed by atoms with E-state index in [0.29, 0.717) is 5.56 Å². The van der Waals surface area contributed by atoms with Gasteiger partial charge in [-0.25, -0.2) is 4.98 Å². The molecule has 0 fully saturated rings. The van der Waals surface area contributed by atoms with Crippen molar-refractivity contribution in [2.75, 3.05) is 0 Å². The van der Waals surface area contributed by atoms with E-state index < -0.39 is 0 Å². The fourth-order valence-corrected chi connectivity index (χ4v) is 8.07. The Bertz CT molecular complexity index is 2970. The van der Waals surface area contributed by atoms with Gasteiger partial charge < -0.3 is 0 Å². The van der Waals surface area contributed by atoms with Crippen LogP contribution in [0.5, 0.6) is 0 Å². The summed E-state index contributed by atoms with van der Waals surface area (Å²) in [7, 11) is 0. The summed E-state index contributed by atoms with van der Waals surface area (Å²) in [6.07, 6.45) is 0. The van der Waals surface area contributed by atoms with Crippen LogP contribution in [0.15, 0.2) is 170 Å². The molecule has 0 N–H and O–H groups in total. The van der Waals surface area contributed by atoms with E-state index in [-0.39, 0.29) is 0 Å². The molecule has 10 rings (SSSR count). The second kappa shape index (κ2) is 11.1. The van der Waals surface area contributed by atoms with E-state index in [9.17, 15) is 5.26 Å². The fourth-order valence-electron chi connectivity index (χ4n) is 8.07. The minimum Gasteiger partial charge on any atom is -0.246 e. The summed E-state index contributed by atoms with van der Waals surface area (Å²) in [5.74, 6) is 0. The van der Waals surface area contributed by atoms with Gasteiger partial charge >= 0.3 is 0 Å². The number of rotatable bonds is 3. The lowest BCUT2D eigenvalue weighted by Gasteiger charge is -2.21. The Morgan fingerprint density at radius 3 is 1.62 bits per heavy atom. The number of aromatic nitrogens is 1. The highest BCUT2D eigenvalue weighted by molar-refractivity contribution is 6.31. The third-order valence-corrected chi connectivity index (χ3v) is 10.2. The normalized spacial score (nSPS) is 11.6. The summed E-state index contributed by atoms with van der Waals surface area (Å²) in [5.41, 5.74) is 8.44. The number of fused-ring (bicyclic) bond motifs is 9. The Balaban J connectivity index is 1.40. The molecule has 2 heteroatoms. The second-order valence-corrected chi connectivity index (χ2v) is 12.9. The van der Waals surface area contributed by atoms with Crippen molar-refractivity contribution in [3.8, 4) is 39.6 Å². The SMILES string of the molecule is N#Cc1ccc(-c2c3ccccc3c(-c3cc4c(-c5ccccc5)nc5c6ccccc6ccc5c4c4ccccc34)c3ccccc23)cc1. The Hall–Kier alpha value is -6.82. The van der Waals surface area contributed by atoms with Crippen molar-refractivity contribution >= 4 is 64.8 Å². The van der Waals surface area contributed by atoms with Crippen LogP contribution >= 0.6 is 0 Å². The predicted molar refractivity (Wildman–Crippen MR) is 210 cm³/mol. The van der Waals surface area contributed by atoms with Crippen LogP contribution in [0.4, 0.5) is 0 Å². The molecule has 0 aliphatic rings. The Kier molecular flexibility index (Phi) is 6.28. The molecule has 0 unspecified atom stereocenters. The molecular weight excluding hydrogens is 605 g/mol. The van der Waals surface area contributed by atoms with Gasteiger partial charge in [-0.3, -0.25) is 0 Å². The van der Waals surface area contributed by atoms with Crippen LogP contribution in [0.25, 0.3) is 98.3 Å². The zero-order valence-electron chi connectivity index (χ0n) is 27.1. The first kappa shape index (κ1) is 28.2. The van der Waals surface area contributed by atoms with Gasteiger partial charge in [0.05, 0.1) is 22.8 Å². The number of hydrogen-bond acceptors (Lipinski definition) is 2. The van der Waals surface area contributed by atoms with Crippen molar-refractivity contribution in [3.63, 3.8) is 0 Å². The lowest BCUT2D eigenvalue weighted by Crippen LogP contribution is -1.95. The van der Waals surface area contributed by atoms with Gasteiger partial charge in [0.25, 0.3) is 0 Å². The quantitative estimate of drug-likeness (QED) is 0.144. The first-order valence-electron chi connectivity index (χ1n) is 17.0. The molecule has 1 heterocycles. The first-order valence-corrected chi connectivity index (χ1v) is 17.0. The fraction of sp³-hybridized carbons (Fsp3) is 0. The van der Waals surface area contributed by atoms with Crippen LogP contribution in [0.3, 0.4) is 0 Å². The summed E-state index contributed by atoms with van der Waals surface area (Å²) in [5, 5.41) is 22.5. The van der Waals surface area contributed by atoms with Gasteiger partial charge in [-0.1, -0.05) is 152 Å². The Morgan fingerprint density at radius 1 is 0.400 bits per heavy atom. The van der Waals surface area contributed by atoms with E-state index in [1.165, 1.54) is 59.8 Å². The summed E-state index contributed by atoms with van der Waals surface area (Å²) in [6.45, 7) is 0. The number of nitrogens with zero attached hydrogens (tertiary/aromatic N) is 2. The van der Waals surface area contributed by atoms with E-state index >= 15 is 0 Å². The molecule has 9 aromatic carbocycles. The summed E-state index contributed by atoms with van der Waals surface area (Å²) >= 11 is 0. The molecule has 10 aromatic rings. The molecular formula is C48H28N2. The summed E-state index contributed by atoms with van der Waals surface area (Å²) in [6, 6.07) is 62.7. The van der Waals surface area contributed by atoms with Gasteiger partial charge in [0.1, 0.15) is 0 Å². The molecule has 0 saturated carbocycles.